The number of nitrogens with zero attached hydrogens (tertiary/aromatic N) is 3. The number of hydrogen-bond donors (Lipinski definition) is 1. The van der Waals surface area contributed by atoms with E-state index in [4.69, 9.17) is 5.73 Å². The van der Waals surface area contributed by atoms with Gasteiger partial charge in [-0.15, -0.1) is 5.10 Å². The molecule has 4 nitrogen and oxygen atoms in total. The van der Waals surface area contributed by atoms with Crippen LogP contribution in [0.3, 0.4) is 0 Å². The topological polar surface area (TPSA) is 55.0 Å². The Morgan fingerprint density at radius 1 is 1.36 bits per heavy atom. The molecule has 1 heterocycles. The summed E-state index contributed by atoms with van der Waals surface area (Å²) >= 11 is 0. The van der Waals surface area contributed by atoms with Crippen LogP contribution in [0.5, 0.6) is 0 Å². The van der Waals surface area contributed by atoms with Crippen LogP contribution in [0, 0.1) is 6.92 Å². The fourth-order valence-corrected chi connectivity index (χ4v) is 1.28. The first-order chi connectivity index (χ1) is 6.77. The molecule has 78 valence electrons. The molecule has 0 aromatic carbocycles. The van der Waals surface area contributed by atoms with Crippen molar-refractivity contribution in [3.8, 4) is 0 Å². The van der Waals surface area contributed by atoms with Gasteiger partial charge in [0.05, 0.1) is 5.69 Å². The first-order valence-electron chi connectivity index (χ1n) is 5.03. The zero-order valence-corrected chi connectivity index (χ0v) is 8.90. The SMILES string of the molecule is CCN(CCCN)c1ccc(C)nn1. The number of nitrogens with two attached hydrogens (primary N) is 1. The number of aromatic nitrogens is 2. The minimum absolute atomic E-state index is 0.718. The Morgan fingerprint density at radius 2 is 2.14 bits per heavy atom. The molecule has 1 aromatic heterocycles. The highest BCUT2D eigenvalue weighted by molar-refractivity contribution is 5.36. The molecule has 14 heavy (non-hydrogen) atoms. The van der Waals surface area contributed by atoms with E-state index in [9.17, 15) is 0 Å². The van der Waals surface area contributed by atoms with Crippen molar-refractivity contribution in [1.82, 2.24) is 10.2 Å². The van der Waals surface area contributed by atoms with Gasteiger partial charge in [0.2, 0.25) is 0 Å². The van der Waals surface area contributed by atoms with E-state index in [1.54, 1.807) is 0 Å². The monoisotopic (exact) mass is 194 g/mol. The van der Waals surface area contributed by atoms with Crippen LogP contribution >= 0.6 is 0 Å². The van der Waals surface area contributed by atoms with Gasteiger partial charge in [0.25, 0.3) is 0 Å². The predicted octanol–water partition coefficient (Wildman–Crippen LogP) is 0.960. The number of rotatable bonds is 5. The van der Waals surface area contributed by atoms with Gasteiger partial charge in [-0.05, 0) is 38.9 Å². The molecule has 0 bridgehead atoms. The van der Waals surface area contributed by atoms with Crippen LogP contribution < -0.4 is 10.6 Å². The van der Waals surface area contributed by atoms with E-state index >= 15 is 0 Å². The van der Waals surface area contributed by atoms with Gasteiger partial charge in [-0.1, -0.05) is 0 Å². The highest BCUT2D eigenvalue weighted by Crippen LogP contribution is 2.08. The quantitative estimate of drug-likeness (QED) is 0.758. The number of anilines is 1. The Morgan fingerprint density at radius 3 is 2.64 bits per heavy atom. The molecule has 0 unspecified atom stereocenters. The summed E-state index contributed by atoms with van der Waals surface area (Å²) in [6.45, 7) is 6.66. The van der Waals surface area contributed by atoms with Gasteiger partial charge in [0, 0.05) is 13.1 Å². The van der Waals surface area contributed by atoms with Crippen molar-refractivity contribution in [3.05, 3.63) is 17.8 Å². The Kier molecular flexibility index (Phi) is 4.32. The molecule has 1 aromatic rings. The lowest BCUT2D eigenvalue weighted by Gasteiger charge is -2.20. The van der Waals surface area contributed by atoms with Crippen molar-refractivity contribution < 1.29 is 0 Å². The average molecular weight is 194 g/mol. The summed E-state index contributed by atoms with van der Waals surface area (Å²) in [6.07, 6.45) is 0.989. The van der Waals surface area contributed by atoms with Gasteiger partial charge in [-0.25, -0.2) is 0 Å². The van der Waals surface area contributed by atoms with Gasteiger partial charge >= 0.3 is 0 Å². The maximum Gasteiger partial charge on any atom is 0.151 e. The van der Waals surface area contributed by atoms with Crippen LogP contribution in [0.2, 0.25) is 0 Å². The standard InChI is InChI=1S/C10H18N4/c1-3-14(8-4-7-11)10-6-5-9(2)12-13-10/h5-6H,3-4,7-8,11H2,1-2H3. The van der Waals surface area contributed by atoms with E-state index in [0.29, 0.717) is 0 Å². The van der Waals surface area contributed by atoms with Crippen molar-refractivity contribution in [2.24, 2.45) is 5.73 Å². The molecule has 0 radical (unpaired) electrons. The maximum absolute atomic E-state index is 5.47. The van der Waals surface area contributed by atoms with E-state index in [0.717, 1.165) is 37.6 Å². The van der Waals surface area contributed by atoms with E-state index in [-0.39, 0.29) is 0 Å². The van der Waals surface area contributed by atoms with Crippen molar-refractivity contribution in [2.75, 3.05) is 24.5 Å². The molecule has 0 aliphatic rings. The number of hydrogen-bond acceptors (Lipinski definition) is 4. The third-order valence-corrected chi connectivity index (χ3v) is 2.12. The van der Waals surface area contributed by atoms with Gasteiger partial charge in [0.1, 0.15) is 0 Å². The van der Waals surface area contributed by atoms with Crippen LogP contribution in [0.25, 0.3) is 0 Å². The summed E-state index contributed by atoms with van der Waals surface area (Å²) in [4.78, 5) is 2.18. The minimum Gasteiger partial charge on any atom is -0.355 e. The molecule has 0 amide bonds. The second-order valence-electron chi connectivity index (χ2n) is 3.25. The molecular weight excluding hydrogens is 176 g/mol. The lowest BCUT2D eigenvalue weighted by molar-refractivity contribution is 0.735. The Hall–Kier alpha value is -1.16. The van der Waals surface area contributed by atoms with Gasteiger partial charge in [-0.3, -0.25) is 0 Å². The van der Waals surface area contributed by atoms with E-state index in [1.165, 1.54) is 0 Å². The summed E-state index contributed by atoms with van der Waals surface area (Å²) in [5.74, 6) is 0.937. The van der Waals surface area contributed by atoms with Crippen LogP contribution in [0.15, 0.2) is 12.1 Å². The zero-order valence-electron chi connectivity index (χ0n) is 8.90. The highest BCUT2D eigenvalue weighted by Gasteiger charge is 2.04. The Labute approximate surface area is 85.1 Å². The van der Waals surface area contributed by atoms with Crippen molar-refractivity contribution in [1.29, 1.82) is 0 Å². The molecule has 0 saturated carbocycles. The van der Waals surface area contributed by atoms with E-state index in [2.05, 4.69) is 22.0 Å². The zero-order chi connectivity index (χ0) is 10.4. The number of aryl methyl sites for hydroxylation is 1. The van der Waals surface area contributed by atoms with E-state index < -0.39 is 0 Å². The Bertz CT molecular complexity index is 257. The summed E-state index contributed by atoms with van der Waals surface area (Å²) < 4.78 is 0. The molecule has 0 aliphatic heterocycles. The summed E-state index contributed by atoms with van der Waals surface area (Å²) in [5.41, 5.74) is 6.42. The van der Waals surface area contributed by atoms with Crippen LogP contribution in [0.4, 0.5) is 5.82 Å². The molecule has 0 spiro atoms. The summed E-state index contributed by atoms with van der Waals surface area (Å²) in [7, 11) is 0. The Balaban J connectivity index is 2.64. The average Bonchev–Trinajstić information content (AvgIpc) is 2.21. The van der Waals surface area contributed by atoms with Crippen molar-refractivity contribution >= 4 is 5.82 Å². The minimum atomic E-state index is 0.718. The second-order valence-corrected chi connectivity index (χ2v) is 3.25. The molecule has 1 rings (SSSR count). The van der Waals surface area contributed by atoms with Gasteiger partial charge in [-0.2, -0.15) is 5.10 Å². The first kappa shape index (κ1) is 10.9. The molecular formula is C10H18N4. The van der Waals surface area contributed by atoms with Crippen LogP contribution in [0.1, 0.15) is 19.0 Å². The normalized spacial score (nSPS) is 10.2. The largest absolute Gasteiger partial charge is 0.355 e. The lowest BCUT2D eigenvalue weighted by atomic mass is 10.3. The summed E-state index contributed by atoms with van der Waals surface area (Å²) in [5, 5.41) is 8.17. The first-order valence-corrected chi connectivity index (χ1v) is 5.03. The highest BCUT2D eigenvalue weighted by atomic mass is 15.3. The molecule has 0 saturated heterocycles. The van der Waals surface area contributed by atoms with Gasteiger partial charge < -0.3 is 10.6 Å². The van der Waals surface area contributed by atoms with Crippen LogP contribution in [-0.2, 0) is 0 Å². The fraction of sp³-hybridized carbons (Fsp3) is 0.600. The lowest BCUT2D eigenvalue weighted by Crippen LogP contribution is -2.26. The third-order valence-electron chi connectivity index (χ3n) is 2.12. The summed E-state index contributed by atoms with van der Waals surface area (Å²) in [6, 6.07) is 3.98. The van der Waals surface area contributed by atoms with Gasteiger partial charge in [0.15, 0.2) is 5.82 Å². The van der Waals surface area contributed by atoms with E-state index in [1.807, 2.05) is 19.1 Å². The molecule has 0 aliphatic carbocycles. The van der Waals surface area contributed by atoms with Crippen LogP contribution in [-0.4, -0.2) is 29.8 Å². The maximum atomic E-state index is 5.47. The van der Waals surface area contributed by atoms with Crippen molar-refractivity contribution in [2.45, 2.75) is 20.3 Å². The van der Waals surface area contributed by atoms with Crippen molar-refractivity contribution in [3.63, 3.8) is 0 Å². The molecule has 2 N–H and O–H groups in total. The smallest absolute Gasteiger partial charge is 0.151 e. The molecule has 0 atom stereocenters. The predicted molar refractivity (Wildman–Crippen MR) is 58.3 cm³/mol. The second kappa shape index (κ2) is 5.54. The molecule has 4 heteroatoms. The fourth-order valence-electron chi connectivity index (χ4n) is 1.28. The third kappa shape index (κ3) is 2.96. The molecule has 0 fully saturated rings.